The lowest BCUT2D eigenvalue weighted by molar-refractivity contribution is -0.116. The van der Waals surface area contributed by atoms with E-state index in [1.165, 1.54) is 0 Å². The van der Waals surface area contributed by atoms with Crippen molar-refractivity contribution in [1.82, 2.24) is 0 Å². The van der Waals surface area contributed by atoms with E-state index in [-0.39, 0.29) is 24.4 Å². The molecule has 2 unspecified atom stereocenters. The van der Waals surface area contributed by atoms with Crippen LogP contribution in [0, 0.1) is 0 Å². The van der Waals surface area contributed by atoms with Crippen molar-refractivity contribution < 1.29 is 4.79 Å². The molecule has 1 heterocycles. The van der Waals surface area contributed by atoms with Gasteiger partial charge < -0.3 is 27.4 Å². The number of amides is 1. The van der Waals surface area contributed by atoms with Gasteiger partial charge in [0, 0.05) is 36.1 Å². The average Bonchev–Trinajstić information content (AvgIpc) is 3.09. The van der Waals surface area contributed by atoms with Crippen LogP contribution in [-0.4, -0.2) is 25.0 Å². The molecule has 0 fully saturated rings. The molecule has 0 aromatic heterocycles. The fourth-order valence-electron chi connectivity index (χ4n) is 4.07. The summed E-state index contributed by atoms with van der Waals surface area (Å²) in [5, 5.41) is 2.89. The highest BCUT2D eigenvalue weighted by Crippen LogP contribution is 2.41. The molecule has 3 aromatic carbocycles. The van der Waals surface area contributed by atoms with E-state index in [2.05, 4.69) is 29.3 Å². The molecular formula is C24H27N5O. The molecule has 0 spiro atoms. The van der Waals surface area contributed by atoms with E-state index in [0.29, 0.717) is 12.2 Å². The third kappa shape index (κ3) is 3.40. The lowest BCUT2D eigenvalue weighted by atomic mass is 9.94. The van der Waals surface area contributed by atoms with E-state index in [0.717, 1.165) is 33.8 Å². The van der Waals surface area contributed by atoms with Gasteiger partial charge in [-0.05, 0) is 48.4 Å². The third-order valence-electron chi connectivity index (χ3n) is 5.71. The fraction of sp³-hybridized carbons (Fsp3) is 0.208. The maximum absolute atomic E-state index is 12.2. The van der Waals surface area contributed by atoms with Crippen molar-refractivity contribution in [3.63, 3.8) is 0 Å². The van der Waals surface area contributed by atoms with Crippen molar-refractivity contribution in [2.45, 2.75) is 18.9 Å². The number of hydrogen-bond acceptors (Lipinski definition) is 5. The first-order valence-electron chi connectivity index (χ1n) is 10.1. The quantitative estimate of drug-likeness (QED) is 0.473. The number of nitrogens with zero attached hydrogens (tertiary/aromatic N) is 1. The van der Waals surface area contributed by atoms with Gasteiger partial charge in [-0.15, -0.1) is 0 Å². The van der Waals surface area contributed by atoms with Crippen molar-refractivity contribution in [3.05, 3.63) is 72.3 Å². The van der Waals surface area contributed by atoms with Crippen LogP contribution in [0.5, 0.6) is 0 Å². The van der Waals surface area contributed by atoms with Gasteiger partial charge in [-0.2, -0.15) is 0 Å². The van der Waals surface area contributed by atoms with Crippen LogP contribution in [0.15, 0.2) is 66.7 Å². The second kappa shape index (κ2) is 8.18. The monoisotopic (exact) mass is 401 g/mol. The van der Waals surface area contributed by atoms with Crippen LogP contribution in [0.1, 0.15) is 18.4 Å². The van der Waals surface area contributed by atoms with Gasteiger partial charge in [-0.25, -0.2) is 0 Å². The molecule has 7 N–H and O–H groups in total. The Bertz CT molecular complexity index is 1070. The van der Waals surface area contributed by atoms with Crippen molar-refractivity contribution in [3.8, 4) is 11.1 Å². The predicted octanol–water partition coefficient (Wildman–Crippen LogP) is 3.42. The fourth-order valence-corrected chi connectivity index (χ4v) is 4.07. The van der Waals surface area contributed by atoms with Crippen molar-refractivity contribution >= 4 is 28.7 Å². The number of anilines is 4. The number of carbonyl (C=O) groups excluding carboxylic acids is 1. The smallest absolute Gasteiger partial charge is 0.233 e. The van der Waals surface area contributed by atoms with Crippen LogP contribution >= 0.6 is 0 Å². The van der Waals surface area contributed by atoms with Crippen LogP contribution in [0.4, 0.5) is 22.7 Å². The van der Waals surface area contributed by atoms with Gasteiger partial charge in [0.2, 0.25) is 5.91 Å². The Hall–Kier alpha value is -3.35. The number of para-hydroxylation sites is 2. The van der Waals surface area contributed by atoms with Crippen molar-refractivity contribution in [1.29, 1.82) is 0 Å². The Kier molecular flexibility index (Phi) is 5.44. The van der Waals surface area contributed by atoms with Gasteiger partial charge in [0.1, 0.15) is 0 Å². The molecule has 3 aromatic rings. The van der Waals surface area contributed by atoms with Crippen molar-refractivity contribution in [2.24, 2.45) is 11.5 Å². The minimum Gasteiger partial charge on any atom is -0.397 e. The molecule has 6 heteroatoms. The highest BCUT2D eigenvalue weighted by atomic mass is 16.2. The Morgan fingerprint density at radius 1 is 1.03 bits per heavy atom. The normalized spacial score (nSPS) is 16.1. The minimum absolute atomic E-state index is 0.0570. The molecule has 4 rings (SSSR count). The largest absolute Gasteiger partial charge is 0.397 e. The first kappa shape index (κ1) is 19.9. The van der Waals surface area contributed by atoms with Gasteiger partial charge in [0.15, 0.2) is 0 Å². The van der Waals surface area contributed by atoms with Crippen LogP contribution in [0.25, 0.3) is 11.1 Å². The molecular weight excluding hydrogens is 374 g/mol. The number of fused-ring (bicyclic) bond motifs is 1. The topological polar surface area (TPSA) is 110 Å². The highest BCUT2D eigenvalue weighted by molar-refractivity contribution is 6.04. The lowest BCUT2D eigenvalue weighted by Gasteiger charge is -2.32. The van der Waals surface area contributed by atoms with Gasteiger partial charge in [0.25, 0.3) is 0 Å². The number of hydrogen-bond donors (Lipinski definition) is 4. The van der Waals surface area contributed by atoms with Gasteiger partial charge in [-0.1, -0.05) is 36.4 Å². The van der Waals surface area contributed by atoms with E-state index in [9.17, 15) is 4.79 Å². The molecule has 2 atom stereocenters. The molecule has 1 amide bonds. The van der Waals surface area contributed by atoms with E-state index in [4.69, 9.17) is 17.2 Å². The molecule has 30 heavy (non-hydrogen) atoms. The summed E-state index contributed by atoms with van der Waals surface area (Å²) in [5.74, 6) is -0.388. The highest BCUT2D eigenvalue weighted by Gasteiger charge is 2.29. The number of benzene rings is 3. The van der Waals surface area contributed by atoms with Gasteiger partial charge >= 0.3 is 0 Å². The Balaban J connectivity index is 1.81. The molecule has 0 saturated carbocycles. The van der Waals surface area contributed by atoms with Gasteiger partial charge in [0.05, 0.1) is 17.3 Å². The van der Waals surface area contributed by atoms with E-state index in [1.54, 1.807) is 0 Å². The number of carbonyl (C=O) groups is 1. The number of rotatable bonds is 6. The summed E-state index contributed by atoms with van der Waals surface area (Å²) in [4.78, 5) is 14.3. The predicted molar refractivity (Wildman–Crippen MR) is 124 cm³/mol. The summed E-state index contributed by atoms with van der Waals surface area (Å²) in [6.45, 7) is 2.84. The Morgan fingerprint density at radius 2 is 1.80 bits per heavy atom. The zero-order valence-electron chi connectivity index (χ0n) is 17.0. The first-order chi connectivity index (χ1) is 14.5. The zero-order chi connectivity index (χ0) is 21.3. The van der Waals surface area contributed by atoms with E-state index < -0.39 is 0 Å². The zero-order valence-corrected chi connectivity index (χ0v) is 17.0. The summed E-state index contributed by atoms with van der Waals surface area (Å²) in [6.07, 6.45) is 0. The molecule has 1 aliphatic heterocycles. The summed E-state index contributed by atoms with van der Waals surface area (Å²) >= 11 is 0. The standard InChI is InChI=1S/C24H27N5O/c1-15(13-25)29(17-6-3-2-4-7-17)22-9-5-8-18(23(22)27)16-10-11-21-19(12-16)20(14-26)24(30)28-21/h2-12,15,20H,13-14,25-27H2,1H3,(H,28,30). The molecule has 0 saturated heterocycles. The number of nitrogens with two attached hydrogens (primary N) is 3. The maximum atomic E-state index is 12.2. The SMILES string of the molecule is CC(CN)N(c1ccccc1)c1cccc(-c2ccc3c(c2)C(CN)C(=O)N3)c1N. The summed E-state index contributed by atoms with van der Waals surface area (Å²) in [5.41, 5.74) is 24.8. The third-order valence-corrected chi connectivity index (χ3v) is 5.71. The van der Waals surface area contributed by atoms with Crippen LogP contribution in [0.2, 0.25) is 0 Å². The van der Waals surface area contributed by atoms with E-state index in [1.807, 2.05) is 54.6 Å². The molecule has 1 aliphatic rings. The number of nitrogens with one attached hydrogen (secondary N) is 1. The van der Waals surface area contributed by atoms with Crippen molar-refractivity contribution in [2.75, 3.05) is 29.0 Å². The minimum atomic E-state index is -0.331. The molecule has 0 bridgehead atoms. The molecule has 6 nitrogen and oxygen atoms in total. The van der Waals surface area contributed by atoms with E-state index >= 15 is 0 Å². The number of nitrogen functional groups attached to an aromatic ring is 1. The maximum Gasteiger partial charge on any atom is 0.233 e. The molecule has 154 valence electrons. The van der Waals surface area contributed by atoms with Crippen LogP contribution in [-0.2, 0) is 4.79 Å². The summed E-state index contributed by atoms with van der Waals surface area (Å²) in [6, 6.07) is 22.1. The Morgan fingerprint density at radius 3 is 2.50 bits per heavy atom. The van der Waals surface area contributed by atoms with Crippen LogP contribution < -0.4 is 27.4 Å². The second-order valence-electron chi connectivity index (χ2n) is 7.61. The second-order valence-corrected chi connectivity index (χ2v) is 7.61. The Labute approximate surface area is 176 Å². The summed E-state index contributed by atoms with van der Waals surface area (Å²) in [7, 11) is 0. The average molecular weight is 402 g/mol. The van der Waals surface area contributed by atoms with Crippen LogP contribution in [0.3, 0.4) is 0 Å². The molecule has 0 aliphatic carbocycles. The lowest BCUT2D eigenvalue weighted by Crippen LogP contribution is -2.35. The first-order valence-corrected chi connectivity index (χ1v) is 10.1. The van der Waals surface area contributed by atoms with Gasteiger partial charge in [-0.3, -0.25) is 4.79 Å². The molecule has 0 radical (unpaired) electrons. The summed E-state index contributed by atoms with van der Waals surface area (Å²) < 4.78 is 0.